The fourth-order valence-electron chi connectivity index (χ4n) is 2.99. The van der Waals surface area contributed by atoms with Crippen LogP contribution in [0.5, 0.6) is 17.2 Å². The van der Waals surface area contributed by atoms with Gasteiger partial charge in [-0.2, -0.15) is 0 Å². The predicted octanol–water partition coefficient (Wildman–Crippen LogP) is 5.13. The highest BCUT2D eigenvalue weighted by Crippen LogP contribution is 2.33. The fourth-order valence-corrected chi connectivity index (χ4v) is 3.17. The number of halogens is 2. The van der Waals surface area contributed by atoms with Crippen LogP contribution in [0.25, 0.3) is 0 Å². The Bertz CT molecular complexity index is 695. The number of hydrogen-bond donors (Lipinski definition) is 0. The Hall–Kier alpha value is -1.78. The standard InChI is InChI=1S/C19H21ClFNO2/c1-22-10-3-5-16(22)9-11-23-18-8-7-15(21)13-19(18)24-17-6-2-4-14(20)12-17/h2,4,6-8,12-13,16H,3,5,9-11H2,1H3. The molecule has 0 spiro atoms. The molecule has 1 saturated heterocycles. The minimum Gasteiger partial charge on any atom is -0.490 e. The van der Waals surface area contributed by atoms with Crippen LogP contribution in [0.2, 0.25) is 5.02 Å². The van der Waals surface area contributed by atoms with E-state index in [1.165, 1.54) is 25.0 Å². The first-order valence-electron chi connectivity index (χ1n) is 8.18. The minimum atomic E-state index is -0.366. The average molecular weight is 350 g/mol. The van der Waals surface area contributed by atoms with Crippen molar-refractivity contribution in [3.05, 3.63) is 53.3 Å². The molecule has 128 valence electrons. The molecule has 3 nitrogen and oxygen atoms in total. The van der Waals surface area contributed by atoms with Gasteiger partial charge in [-0.15, -0.1) is 0 Å². The largest absolute Gasteiger partial charge is 0.490 e. The summed E-state index contributed by atoms with van der Waals surface area (Å²) >= 11 is 5.96. The molecule has 0 N–H and O–H groups in total. The van der Waals surface area contributed by atoms with Gasteiger partial charge in [0.1, 0.15) is 11.6 Å². The summed E-state index contributed by atoms with van der Waals surface area (Å²) in [4.78, 5) is 2.36. The van der Waals surface area contributed by atoms with Crippen molar-refractivity contribution >= 4 is 11.6 Å². The van der Waals surface area contributed by atoms with E-state index in [-0.39, 0.29) is 5.82 Å². The molecular formula is C19H21ClFNO2. The predicted molar refractivity (Wildman–Crippen MR) is 93.7 cm³/mol. The molecule has 5 heteroatoms. The van der Waals surface area contributed by atoms with Gasteiger partial charge in [-0.25, -0.2) is 4.39 Å². The van der Waals surface area contributed by atoms with Crippen molar-refractivity contribution in [1.82, 2.24) is 4.90 Å². The first-order valence-corrected chi connectivity index (χ1v) is 8.55. The third kappa shape index (κ3) is 4.40. The van der Waals surface area contributed by atoms with Gasteiger partial charge in [-0.05, 0) is 63.2 Å². The van der Waals surface area contributed by atoms with E-state index >= 15 is 0 Å². The Labute approximate surface area is 146 Å². The topological polar surface area (TPSA) is 21.7 Å². The molecule has 0 amide bonds. The molecule has 3 rings (SSSR count). The minimum absolute atomic E-state index is 0.358. The molecule has 1 aliphatic rings. The SMILES string of the molecule is CN1CCCC1CCOc1ccc(F)cc1Oc1cccc(Cl)c1. The van der Waals surface area contributed by atoms with E-state index in [9.17, 15) is 4.39 Å². The Morgan fingerprint density at radius 1 is 1.21 bits per heavy atom. The van der Waals surface area contributed by atoms with Crippen LogP contribution in [0, 0.1) is 5.82 Å². The Kier molecular flexibility index (Phi) is 5.59. The van der Waals surface area contributed by atoms with E-state index in [2.05, 4.69) is 11.9 Å². The smallest absolute Gasteiger partial charge is 0.172 e. The van der Waals surface area contributed by atoms with E-state index < -0.39 is 0 Å². The van der Waals surface area contributed by atoms with Crippen LogP contribution in [0.15, 0.2) is 42.5 Å². The molecule has 1 atom stereocenters. The van der Waals surface area contributed by atoms with Crippen molar-refractivity contribution in [2.45, 2.75) is 25.3 Å². The Morgan fingerprint density at radius 2 is 2.08 bits per heavy atom. The summed E-state index contributed by atoms with van der Waals surface area (Å²) in [5.74, 6) is 1.08. The van der Waals surface area contributed by atoms with Gasteiger partial charge in [0.25, 0.3) is 0 Å². The van der Waals surface area contributed by atoms with Crippen LogP contribution in [0.1, 0.15) is 19.3 Å². The quantitative estimate of drug-likeness (QED) is 0.721. The van der Waals surface area contributed by atoms with E-state index in [1.807, 2.05) is 0 Å². The van der Waals surface area contributed by atoms with Crippen LogP contribution in [0.4, 0.5) is 4.39 Å². The fraction of sp³-hybridized carbons (Fsp3) is 0.368. The lowest BCUT2D eigenvalue weighted by Crippen LogP contribution is -2.26. The molecule has 2 aromatic carbocycles. The summed E-state index contributed by atoms with van der Waals surface area (Å²) in [6.07, 6.45) is 3.39. The van der Waals surface area contributed by atoms with Gasteiger partial charge >= 0.3 is 0 Å². The molecule has 0 aliphatic carbocycles. The Balaban J connectivity index is 1.66. The second-order valence-electron chi connectivity index (χ2n) is 6.06. The lowest BCUT2D eigenvalue weighted by Gasteiger charge is -2.20. The second-order valence-corrected chi connectivity index (χ2v) is 6.50. The maximum atomic E-state index is 13.6. The van der Waals surface area contributed by atoms with E-state index in [4.69, 9.17) is 21.1 Å². The van der Waals surface area contributed by atoms with Gasteiger partial charge in [-0.1, -0.05) is 17.7 Å². The highest BCUT2D eigenvalue weighted by atomic mass is 35.5. The molecule has 1 heterocycles. The number of hydrogen-bond acceptors (Lipinski definition) is 3. The van der Waals surface area contributed by atoms with Gasteiger partial charge in [0, 0.05) is 17.1 Å². The molecule has 0 aromatic heterocycles. The third-order valence-corrected chi connectivity index (χ3v) is 4.54. The molecule has 1 aliphatic heterocycles. The molecular weight excluding hydrogens is 329 g/mol. The van der Waals surface area contributed by atoms with Crippen molar-refractivity contribution in [2.24, 2.45) is 0 Å². The van der Waals surface area contributed by atoms with Crippen LogP contribution in [-0.2, 0) is 0 Å². The summed E-state index contributed by atoms with van der Waals surface area (Å²) in [6.45, 7) is 1.72. The average Bonchev–Trinajstić information content (AvgIpc) is 2.95. The van der Waals surface area contributed by atoms with Gasteiger partial charge in [0.05, 0.1) is 6.61 Å². The maximum absolute atomic E-state index is 13.6. The molecule has 24 heavy (non-hydrogen) atoms. The van der Waals surface area contributed by atoms with Crippen molar-refractivity contribution < 1.29 is 13.9 Å². The van der Waals surface area contributed by atoms with E-state index in [1.54, 1.807) is 30.3 Å². The summed E-state index contributed by atoms with van der Waals surface area (Å²) in [6, 6.07) is 11.9. The molecule has 1 fully saturated rings. The number of rotatable bonds is 6. The second kappa shape index (κ2) is 7.86. The lowest BCUT2D eigenvalue weighted by molar-refractivity contribution is 0.229. The van der Waals surface area contributed by atoms with Gasteiger partial charge < -0.3 is 14.4 Å². The molecule has 1 unspecified atom stereocenters. The van der Waals surface area contributed by atoms with Crippen LogP contribution in [0.3, 0.4) is 0 Å². The Morgan fingerprint density at radius 3 is 2.83 bits per heavy atom. The molecule has 2 aromatic rings. The van der Waals surface area contributed by atoms with Gasteiger partial charge in [-0.3, -0.25) is 0 Å². The van der Waals surface area contributed by atoms with E-state index in [0.717, 1.165) is 13.0 Å². The molecule has 0 radical (unpaired) electrons. The summed E-state index contributed by atoms with van der Waals surface area (Å²) in [5, 5.41) is 0.565. The highest BCUT2D eigenvalue weighted by molar-refractivity contribution is 6.30. The first-order chi connectivity index (χ1) is 11.6. The van der Waals surface area contributed by atoms with Crippen molar-refractivity contribution in [2.75, 3.05) is 20.2 Å². The third-order valence-electron chi connectivity index (χ3n) is 4.31. The van der Waals surface area contributed by atoms with Crippen molar-refractivity contribution in [3.8, 4) is 17.2 Å². The number of nitrogens with zero attached hydrogens (tertiary/aromatic N) is 1. The summed E-state index contributed by atoms with van der Waals surface area (Å²) in [7, 11) is 2.14. The monoisotopic (exact) mass is 349 g/mol. The normalized spacial score (nSPS) is 17.9. The zero-order chi connectivity index (χ0) is 16.9. The molecule has 0 saturated carbocycles. The van der Waals surface area contributed by atoms with Gasteiger partial charge in [0.15, 0.2) is 11.5 Å². The molecule has 0 bridgehead atoms. The summed E-state index contributed by atoms with van der Waals surface area (Å²) < 4.78 is 25.2. The highest BCUT2D eigenvalue weighted by Gasteiger charge is 2.20. The first kappa shape index (κ1) is 17.1. The number of benzene rings is 2. The maximum Gasteiger partial charge on any atom is 0.172 e. The van der Waals surface area contributed by atoms with Crippen molar-refractivity contribution in [3.63, 3.8) is 0 Å². The summed E-state index contributed by atoms with van der Waals surface area (Å²) in [5.41, 5.74) is 0. The zero-order valence-corrected chi connectivity index (χ0v) is 14.4. The van der Waals surface area contributed by atoms with Crippen LogP contribution >= 0.6 is 11.6 Å². The van der Waals surface area contributed by atoms with Crippen LogP contribution in [-0.4, -0.2) is 31.1 Å². The number of ether oxygens (including phenoxy) is 2. The van der Waals surface area contributed by atoms with Crippen molar-refractivity contribution in [1.29, 1.82) is 0 Å². The van der Waals surface area contributed by atoms with E-state index in [0.29, 0.717) is 34.9 Å². The van der Waals surface area contributed by atoms with Crippen LogP contribution < -0.4 is 9.47 Å². The number of likely N-dealkylation sites (tertiary alicyclic amines) is 1. The lowest BCUT2D eigenvalue weighted by atomic mass is 10.1. The van der Waals surface area contributed by atoms with Gasteiger partial charge in [0.2, 0.25) is 0 Å². The zero-order valence-electron chi connectivity index (χ0n) is 13.7.